The summed E-state index contributed by atoms with van der Waals surface area (Å²) in [5, 5.41) is 14.2. The Morgan fingerprint density at radius 3 is 2.08 bits per heavy atom. The smallest absolute Gasteiger partial charge is 0.146 e. The molecule has 3 heterocycles. The maximum absolute atomic E-state index is 11.9. The molecule has 7 rings (SSSR count). The van der Waals surface area contributed by atoms with Crippen LogP contribution in [0.3, 0.4) is 0 Å². The quantitative estimate of drug-likeness (QED) is 0.180. The third-order valence-corrected chi connectivity index (χ3v) is 9.39. The summed E-state index contributed by atoms with van der Waals surface area (Å²) in [6.45, 7) is 17.4. The summed E-state index contributed by atoms with van der Waals surface area (Å²) in [5.41, 5.74) is 11.6. The van der Waals surface area contributed by atoms with E-state index >= 15 is 0 Å². The molecule has 4 nitrogen and oxygen atoms in total. The van der Waals surface area contributed by atoms with Gasteiger partial charge in [-0.25, -0.2) is 4.98 Å². The largest absolute Gasteiger partial charge is 0.515 e. The van der Waals surface area contributed by atoms with Gasteiger partial charge in [-0.15, -0.1) is 23.8 Å². The summed E-state index contributed by atoms with van der Waals surface area (Å²) in [7, 11) is 0. The number of pyridine rings is 2. The Morgan fingerprint density at radius 1 is 0.694 bits per heavy atom. The summed E-state index contributed by atoms with van der Waals surface area (Å²) >= 11 is 0. The number of hydrogen-bond donors (Lipinski definition) is 1. The van der Waals surface area contributed by atoms with Crippen LogP contribution in [0.15, 0.2) is 103 Å². The number of rotatable bonds is 4. The molecule has 49 heavy (non-hydrogen) atoms. The minimum absolute atomic E-state index is 0. The second-order valence-electron chi connectivity index (χ2n) is 15.0. The van der Waals surface area contributed by atoms with E-state index < -0.39 is 0 Å². The van der Waals surface area contributed by atoms with Gasteiger partial charge in [0, 0.05) is 43.7 Å². The standard InChI is InChI=1S/C44H42N3O.Pt/c1-27-14-11-15-28(2)40(27)31-23-29(35-25-32(43(3,4)5)26-36(41(35)48)44(6,7)8)22-30(24-31)37-18-12-20-39(46-37)47-38-19-10-9-16-33(38)34-17-13-21-45-42(34)47;/h9-21,23-26,48H,1-8H3;/q-1;. The first-order valence-corrected chi connectivity index (χ1v) is 16.7. The third-order valence-electron chi connectivity index (χ3n) is 9.39. The van der Waals surface area contributed by atoms with Crippen molar-refractivity contribution >= 4 is 21.9 Å². The Morgan fingerprint density at radius 2 is 1.37 bits per heavy atom. The molecular formula is C44H42N3OPt-. The molecule has 0 saturated carbocycles. The van der Waals surface area contributed by atoms with Crippen molar-refractivity contribution in [2.24, 2.45) is 0 Å². The van der Waals surface area contributed by atoms with Crippen molar-refractivity contribution < 1.29 is 26.2 Å². The van der Waals surface area contributed by atoms with Gasteiger partial charge in [0.15, 0.2) is 0 Å². The van der Waals surface area contributed by atoms with Crippen LogP contribution in [0.2, 0.25) is 0 Å². The molecule has 0 unspecified atom stereocenters. The molecule has 0 amide bonds. The molecule has 1 N–H and O–H groups in total. The minimum Gasteiger partial charge on any atom is -0.515 e. The fourth-order valence-corrected chi connectivity index (χ4v) is 6.84. The zero-order valence-electron chi connectivity index (χ0n) is 29.4. The molecule has 4 aromatic carbocycles. The van der Waals surface area contributed by atoms with Crippen molar-refractivity contribution in [3.8, 4) is 45.1 Å². The fourth-order valence-electron chi connectivity index (χ4n) is 6.84. The van der Waals surface area contributed by atoms with Gasteiger partial charge in [-0.05, 0) is 82.3 Å². The molecule has 0 aliphatic carbocycles. The normalized spacial score (nSPS) is 12.0. The van der Waals surface area contributed by atoms with E-state index in [2.05, 4.69) is 145 Å². The van der Waals surface area contributed by atoms with Crippen LogP contribution in [0.25, 0.3) is 61.3 Å². The van der Waals surface area contributed by atoms with Gasteiger partial charge in [0.2, 0.25) is 0 Å². The van der Waals surface area contributed by atoms with Gasteiger partial charge in [0.1, 0.15) is 11.5 Å². The number of benzene rings is 4. The second kappa shape index (κ2) is 12.7. The first-order valence-electron chi connectivity index (χ1n) is 16.7. The van der Waals surface area contributed by atoms with Crippen molar-refractivity contribution in [1.82, 2.24) is 14.5 Å². The van der Waals surface area contributed by atoms with Gasteiger partial charge in [0.25, 0.3) is 0 Å². The Labute approximate surface area is 304 Å². The topological polar surface area (TPSA) is 50.9 Å². The van der Waals surface area contributed by atoms with Crippen LogP contribution in [0.5, 0.6) is 5.75 Å². The Hall–Kier alpha value is -4.53. The van der Waals surface area contributed by atoms with E-state index in [0.717, 1.165) is 61.3 Å². The number of fused-ring (bicyclic) bond motifs is 3. The van der Waals surface area contributed by atoms with Crippen molar-refractivity contribution in [3.63, 3.8) is 0 Å². The predicted octanol–water partition coefficient (Wildman–Crippen LogP) is 11.3. The monoisotopic (exact) mass is 823 g/mol. The van der Waals surface area contributed by atoms with Crippen LogP contribution in [0.4, 0.5) is 0 Å². The van der Waals surface area contributed by atoms with Crippen LogP contribution in [-0.2, 0) is 31.9 Å². The molecule has 0 aliphatic rings. The molecule has 0 radical (unpaired) electrons. The first kappa shape index (κ1) is 34.3. The zero-order valence-corrected chi connectivity index (χ0v) is 31.7. The van der Waals surface area contributed by atoms with E-state index in [4.69, 9.17) is 9.97 Å². The van der Waals surface area contributed by atoms with E-state index in [9.17, 15) is 5.11 Å². The molecule has 3 aromatic heterocycles. The summed E-state index contributed by atoms with van der Waals surface area (Å²) in [4.78, 5) is 10.0. The van der Waals surface area contributed by atoms with Crippen LogP contribution in [-0.4, -0.2) is 19.6 Å². The van der Waals surface area contributed by atoms with Crippen molar-refractivity contribution in [1.29, 1.82) is 0 Å². The summed E-state index contributed by atoms with van der Waals surface area (Å²) in [5.74, 6) is 1.09. The number of phenolic OH excluding ortho intramolecular Hbond substituents is 1. The molecule has 0 fully saturated rings. The first-order chi connectivity index (χ1) is 22.8. The fraction of sp³-hybridized carbons (Fsp3) is 0.227. The SMILES string of the molecule is Cc1cccc(C)c1-c1cc(-c2cccc(-n3c4ccccc4c4cccnc43)n2)[c-]c(-c2cc(C(C)(C)C)cc(C(C)(C)C)c2O)c1.[Pt]. The number of aryl methyl sites for hydroxylation is 2. The van der Waals surface area contributed by atoms with Gasteiger partial charge in [-0.1, -0.05) is 113 Å². The van der Waals surface area contributed by atoms with Crippen molar-refractivity contribution in [2.75, 3.05) is 0 Å². The van der Waals surface area contributed by atoms with Gasteiger partial charge in [-0.3, -0.25) is 9.55 Å². The number of phenols is 1. The third kappa shape index (κ3) is 6.24. The average Bonchev–Trinajstić information content (AvgIpc) is 3.38. The van der Waals surface area contributed by atoms with Crippen LogP contribution in [0, 0.1) is 19.9 Å². The number of aromatic nitrogens is 3. The molecule has 0 aliphatic heterocycles. The Balaban J connectivity index is 0.00000417. The number of aromatic hydroxyl groups is 1. The maximum atomic E-state index is 11.9. The van der Waals surface area contributed by atoms with Crippen LogP contribution in [0.1, 0.15) is 63.8 Å². The summed E-state index contributed by atoms with van der Waals surface area (Å²) in [6.07, 6.45) is 1.83. The number of para-hydroxylation sites is 1. The van der Waals surface area contributed by atoms with Gasteiger partial charge >= 0.3 is 0 Å². The number of hydrogen-bond acceptors (Lipinski definition) is 3. The van der Waals surface area contributed by atoms with E-state index in [0.29, 0.717) is 5.75 Å². The molecule has 0 spiro atoms. The molecule has 0 atom stereocenters. The maximum Gasteiger partial charge on any atom is 0.146 e. The zero-order chi connectivity index (χ0) is 34.0. The molecule has 5 heteroatoms. The molecule has 250 valence electrons. The molecular weight excluding hydrogens is 782 g/mol. The van der Waals surface area contributed by atoms with Crippen molar-refractivity contribution in [2.45, 2.75) is 66.2 Å². The molecule has 0 bridgehead atoms. The Bertz CT molecular complexity index is 2280. The Kier molecular flexibility index (Phi) is 8.92. The summed E-state index contributed by atoms with van der Waals surface area (Å²) in [6, 6.07) is 37.4. The summed E-state index contributed by atoms with van der Waals surface area (Å²) < 4.78 is 2.14. The van der Waals surface area contributed by atoms with Crippen LogP contribution < -0.4 is 0 Å². The molecule has 7 aromatic rings. The minimum atomic E-state index is -0.251. The van der Waals surface area contributed by atoms with E-state index in [-0.39, 0.29) is 31.9 Å². The number of nitrogens with zero attached hydrogens (tertiary/aromatic N) is 3. The van der Waals surface area contributed by atoms with Crippen molar-refractivity contribution in [3.05, 3.63) is 132 Å². The van der Waals surface area contributed by atoms with E-state index in [1.54, 1.807) is 0 Å². The second-order valence-corrected chi connectivity index (χ2v) is 15.0. The average molecular weight is 824 g/mol. The van der Waals surface area contributed by atoms with Gasteiger partial charge < -0.3 is 5.11 Å². The predicted molar refractivity (Wildman–Crippen MR) is 200 cm³/mol. The van der Waals surface area contributed by atoms with Crippen LogP contribution >= 0.6 is 0 Å². The van der Waals surface area contributed by atoms with E-state index in [1.807, 2.05) is 24.4 Å². The van der Waals surface area contributed by atoms with Gasteiger partial charge in [-0.2, -0.15) is 0 Å². The van der Waals surface area contributed by atoms with E-state index in [1.165, 1.54) is 22.3 Å². The van der Waals surface area contributed by atoms with Gasteiger partial charge in [0.05, 0.1) is 11.3 Å². The molecule has 0 saturated heterocycles.